The van der Waals surface area contributed by atoms with Crippen molar-refractivity contribution in [3.05, 3.63) is 54.7 Å². The zero-order valence-electron chi connectivity index (χ0n) is 12.5. The quantitative estimate of drug-likeness (QED) is 0.884. The van der Waals surface area contributed by atoms with Gasteiger partial charge in [0.2, 0.25) is 0 Å². The summed E-state index contributed by atoms with van der Waals surface area (Å²) in [5, 5.41) is 12.1. The van der Waals surface area contributed by atoms with Gasteiger partial charge in [0.25, 0.3) is 0 Å². The van der Waals surface area contributed by atoms with Gasteiger partial charge in [-0.3, -0.25) is 9.88 Å². The molecule has 1 aliphatic carbocycles. The van der Waals surface area contributed by atoms with Crippen molar-refractivity contribution >= 4 is 10.9 Å². The van der Waals surface area contributed by atoms with E-state index in [4.69, 9.17) is 0 Å². The highest BCUT2D eigenvalue weighted by Crippen LogP contribution is 2.71. The zero-order valence-corrected chi connectivity index (χ0v) is 12.5. The van der Waals surface area contributed by atoms with Crippen LogP contribution in [0, 0.1) is 11.8 Å². The van der Waals surface area contributed by atoms with E-state index in [1.165, 1.54) is 6.42 Å². The van der Waals surface area contributed by atoms with E-state index in [1.807, 2.05) is 30.5 Å². The molecule has 3 heterocycles. The first kappa shape index (κ1) is 12.8. The molecule has 0 amide bonds. The van der Waals surface area contributed by atoms with Crippen LogP contribution >= 0.6 is 0 Å². The van der Waals surface area contributed by atoms with Crippen LogP contribution in [0.4, 0.5) is 0 Å². The summed E-state index contributed by atoms with van der Waals surface area (Å²) < 4.78 is 0. The third-order valence-corrected chi connectivity index (χ3v) is 6.32. The minimum absolute atomic E-state index is 0.251. The molecule has 2 aromatic rings. The number of hydrogen-bond donors (Lipinski definition) is 1. The summed E-state index contributed by atoms with van der Waals surface area (Å²) >= 11 is 0. The van der Waals surface area contributed by atoms with Gasteiger partial charge in [-0.25, -0.2) is 0 Å². The minimum atomic E-state index is -0.427. The number of benzene rings is 1. The van der Waals surface area contributed by atoms with Crippen molar-refractivity contribution in [2.45, 2.75) is 30.5 Å². The van der Waals surface area contributed by atoms with E-state index in [0.29, 0.717) is 11.5 Å². The molecule has 5 rings (SSSR count). The highest BCUT2D eigenvalue weighted by atomic mass is 16.3. The maximum Gasteiger partial charge on any atom is 0.0953 e. The lowest BCUT2D eigenvalue weighted by atomic mass is 9.82. The van der Waals surface area contributed by atoms with Gasteiger partial charge in [0, 0.05) is 23.2 Å². The number of nitrogens with zero attached hydrogens (tertiary/aromatic N) is 2. The van der Waals surface area contributed by atoms with Crippen LogP contribution < -0.4 is 0 Å². The number of fused-ring (bicyclic) bond motifs is 1. The molecule has 1 N–H and O–H groups in total. The molecule has 5 atom stereocenters. The second kappa shape index (κ2) is 4.18. The number of aliphatic hydroxyl groups excluding tert-OH is 1. The van der Waals surface area contributed by atoms with E-state index in [-0.39, 0.29) is 6.04 Å². The number of aromatic nitrogens is 1. The third-order valence-electron chi connectivity index (χ3n) is 6.32. The van der Waals surface area contributed by atoms with Crippen molar-refractivity contribution in [1.82, 2.24) is 9.88 Å². The molecule has 1 spiro atoms. The minimum Gasteiger partial charge on any atom is -0.387 e. The summed E-state index contributed by atoms with van der Waals surface area (Å²) in [7, 11) is 0. The van der Waals surface area contributed by atoms with Crippen molar-refractivity contribution < 1.29 is 5.11 Å². The number of aliphatic hydroxyl groups is 1. The highest BCUT2D eigenvalue weighted by Gasteiger charge is 2.76. The van der Waals surface area contributed by atoms with Crippen molar-refractivity contribution in [1.29, 1.82) is 0 Å². The topological polar surface area (TPSA) is 36.4 Å². The molecule has 3 nitrogen and oxygen atoms in total. The van der Waals surface area contributed by atoms with E-state index in [1.54, 1.807) is 0 Å². The third kappa shape index (κ3) is 1.37. The van der Waals surface area contributed by atoms with Crippen molar-refractivity contribution in [2.24, 2.45) is 11.8 Å². The first-order valence-corrected chi connectivity index (χ1v) is 8.18. The number of piperidine rings is 1. The summed E-state index contributed by atoms with van der Waals surface area (Å²) in [5.41, 5.74) is 2.34. The fourth-order valence-corrected chi connectivity index (χ4v) is 5.30. The van der Waals surface area contributed by atoms with Gasteiger partial charge in [0.15, 0.2) is 0 Å². The maximum atomic E-state index is 11.0. The standard InChI is InChI=1S/C19H20N2O/c1-2-14-15-8-10-21-17(11-19(14,15)21)18(22)13-7-9-20-16-6-4-3-5-12(13)16/h2-7,9,14-15,17-18,22H,1,8,10-11H2/t14?,15?,17?,18-,19?/m1/s1. The Balaban J connectivity index is 1.48. The zero-order chi connectivity index (χ0) is 14.9. The number of rotatable bonds is 3. The Kier molecular flexibility index (Phi) is 2.43. The first-order valence-electron chi connectivity index (χ1n) is 8.18. The molecular weight excluding hydrogens is 272 g/mol. The van der Waals surface area contributed by atoms with Gasteiger partial charge in [0.05, 0.1) is 11.6 Å². The monoisotopic (exact) mass is 292 g/mol. The van der Waals surface area contributed by atoms with Crippen LogP contribution in [-0.4, -0.2) is 33.1 Å². The Labute approximate surface area is 130 Å². The lowest BCUT2D eigenvalue weighted by Gasteiger charge is -2.50. The second-order valence-electron chi connectivity index (χ2n) is 6.97. The molecule has 1 saturated carbocycles. The van der Waals surface area contributed by atoms with E-state index in [2.05, 4.69) is 28.6 Å². The van der Waals surface area contributed by atoms with Crippen LogP contribution in [0.5, 0.6) is 0 Å². The molecular formula is C19H20N2O. The lowest BCUT2D eigenvalue weighted by Crippen LogP contribution is -2.59. The molecule has 3 fully saturated rings. The molecule has 4 unspecified atom stereocenters. The van der Waals surface area contributed by atoms with E-state index >= 15 is 0 Å². The van der Waals surface area contributed by atoms with E-state index in [0.717, 1.165) is 35.3 Å². The molecule has 112 valence electrons. The number of hydrogen-bond acceptors (Lipinski definition) is 3. The maximum absolute atomic E-state index is 11.0. The summed E-state index contributed by atoms with van der Waals surface area (Å²) in [4.78, 5) is 6.95. The van der Waals surface area contributed by atoms with Gasteiger partial charge < -0.3 is 5.11 Å². The largest absolute Gasteiger partial charge is 0.387 e. The van der Waals surface area contributed by atoms with Gasteiger partial charge in [0.1, 0.15) is 0 Å². The van der Waals surface area contributed by atoms with Crippen LogP contribution in [0.3, 0.4) is 0 Å². The highest BCUT2D eigenvalue weighted by molar-refractivity contribution is 5.82. The molecule has 0 radical (unpaired) electrons. The smallest absolute Gasteiger partial charge is 0.0953 e. The molecule has 0 bridgehead atoms. The van der Waals surface area contributed by atoms with E-state index < -0.39 is 6.10 Å². The Bertz CT molecular complexity index is 768. The average Bonchev–Trinajstić information content (AvgIpc) is 3.12. The van der Waals surface area contributed by atoms with Gasteiger partial charge in [-0.1, -0.05) is 24.3 Å². The SMILES string of the molecule is C=CC1C2CCN3C([C@H](O)c4ccnc5ccccc45)CC123. The summed E-state index contributed by atoms with van der Waals surface area (Å²) in [6.07, 6.45) is 5.87. The van der Waals surface area contributed by atoms with Crippen molar-refractivity contribution in [3.8, 4) is 0 Å². The number of para-hydroxylation sites is 1. The predicted molar refractivity (Wildman–Crippen MR) is 86.3 cm³/mol. The van der Waals surface area contributed by atoms with Gasteiger partial charge in [-0.2, -0.15) is 0 Å². The van der Waals surface area contributed by atoms with Crippen molar-refractivity contribution in [2.75, 3.05) is 6.54 Å². The number of pyridine rings is 1. The molecule has 1 aromatic heterocycles. The van der Waals surface area contributed by atoms with Crippen LogP contribution in [0.25, 0.3) is 10.9 Å². The van der Waals surface area contributed by atoms with Crippen LogP contribution in [0.15, 0.2) is 49.2 Å². The van der Waals surface area contributed by atoms with Crippen LogP contribution in [0.1, 0.15) is 24.5 Å². The Morgan fingerprint density at radius 3 is 3.05 bits per heavy atom. The molecule has 2 saturated heterocycles. The summed E-state index contributed by atoms with van der Waals surface area (Å²) in [6, 6.07) is 10.3. The normalized spacial score (nSPS) is 37.2. The molecule has 22 heavy (non-hydrogen) atoms. The van der Waals surface area contributed by atoms with Crippen LogP contribution in [-0.2, 0) is 0 Å². The summed E-state index contributed by atoms with van der Waals surface area (Å²) in [5.74, 6) is 1.45. The molecule has 1 aromatic carbocycles. The molecule has 3 aliphatic rings. The van der Waals surface area contributed by atoms with E-state index in [9.17, 15) is 5.11 Å². The van der Waals surface area contributed by atoms with Gasteiger partial charge >= 0.3 is 0 Å². The summed E-state index contributed by atoms with van der Waals surface area (Å²) in [6.45, 7) is 5.12. The molecule has 3 heteroatoms. The van der Waals surface area contributed by atoms with Gasteiger partial charge in [-0.15, -0.1) is 6.58 Å². The van der Waals surface area contributed by atoms with Gasteiger partial charge in [-0.05, 0) is 48.9 Å². The fourth-order valence-electron chi connectivity index (χ4n) is 5.30. The van der Waals surface area contributed by atoms with Crippen molar-refractivity contribution in [3.63, 3.8) is 0 Å². The Morgan fingerprint density at radius 1 is 1.36 bits per heavy atom. The predicted octanol–water partition coefficient (Wildman–Crippen LogP) is 2.92. The second-order valence-corrected chi connectivity index (χ2v) is 6.97. The molecule has 2 aliphatic heterocycles. The average molecular weight is 292 g/mol. The lowest BCUT2D eigenvalue weighted by molar-refractivity contribution is -0.0656. The van der Waals surface area contributed by atoms with Crippen LogP contribution in [0.2, 0.25) is 0 Å². The Hall–Kier alpha value is -1.71. The first-order chi connectivity index (χ1) is 10.8. The Morgan fingerprint density at radius 2 is 2.23 bits per heavy atom. The fraction of sp³-hybridized carbons (Fsp3) is 0.421.